The van der Waals surface area contributed by atoms with Gasteiger partial charge in [0.1, 0.15) is 5.82 Å². The standard InChI is InChI=1S/C16H17FN2O2/c17-11-3-5-12(6-4-11)18-8-19-15(20)13-9-1-2-10(7-9)14(13)16(19)21/h3-6,9-10,13-14,18H,1-2,7-8H2/t9-,10-,13-,14+/m0/s1. The lowest BCUT2D eigenvalue weighted by molar-refractivity contribution is -0.140. The SMILES string of the molecule is O=C1[C@@H]2[C@H]3CC[C@@H](C3)[C@@H]2C(=O)N1CNc1ccc(F)cc1. The Morgan fingerprint density at radius 3 is 2.19 bits per heavy atom. The van der Waals surface area contributed by atoms with E-state index in [9.17, 15) is 14.0 Å². The summed E-state index contributed by atoms with van der Waals surface area (Å²) in [4.78, 5) is 26.3. The van der Waals surface area contributed by atoms with Gasteiger partial charge in [-0.25, -0.2) is 4.39 Å². The van der Waals surface area contributed by atoms with E-state index in [1.807, 2.05) is 0 Å². The third kappa shape index (κ3) is 1.87. The second-order valence-corrected chi connectivity index (χ2v) is 6.33. The maximum Gasteiger partial charge on any atom is 0.234 e. The second kappa shape index (κ2) is 4.55. The highest BCUT2D eigenvalue weighted by molar-refractivity contribution is 6.06. The van der Waals surface area contributed by atoms with Gasteiger partial charge in [0.05, 0.1) is 18.5 Å². The van der Waals surface area contributed by atoms with Crippen molar-refractivity contribution in [1.82, 2.24) is 4.90 Å². The van der Waals surface area contributed by atoms with E-state index < -0.39 is 0 Å². The van der Waals surface area contributed by atoms with Crippen LogP contribution >= 0.6 is 0 Å². The molecule has 1 heterocycles. The summed E-state index contributed by atoms with van der Waals surface area (Å²) in [5.41, 5.74) is 0.706. The summed E-state index contributed by atoms with van der Waals surface area (Å²) in [6.45, 7) is 0.176. The molecule has 2 bridgehead atoms. The number of nitrogens with one attached hydrogen (secondary N) is 1. The second-order valence-electron chi connectivity index (χ2n) is 6.33. The van der Waals surface area contributed by atoms with Crippen molar-refractivity contribution in [2.24, 2.45) is 23.7 Å². The lowest BCUT2D eigenvalue weighted by Crippen LogP contribution is -2.36. The minimum atomic E-state index is -0.306. The summed E-state index contributed by atoms with van der Waals surface area (Å²) in [5.74, 6) is 0.315. The molecule has 3 fully saturated rings. The smallest absolute Gasteiger partial charge is 0.234 e. The van der Waals surface area contributed by atoms with Crippen LogP contribution in [0.25, 0.3) is 0 Å². The van der Waals surface area contributed by atoms with Crippen LogP contribution in [0, 0.1) is 29.5 Å². The summed E-state index contributed by atoms with van der Waals surface area (Å²) >= 11 is 0. The fraction of sp³-hybridized carbons (Fsp3) is 0.500. The van der Waals surface area contributed by atoms with Crippen molar-refractivity contribution in [3.63, 3.8) is 0 Å². The van der Waals surface area contributed by atoms with Gasteiger partial charge in [-0.1, -0.05) is 0 Å². The van der Waals surface area contributed by atoms with E-state index in [0.29, 0.717) is 17.5 Å². The number of imide groups is 1. The number of nitrogens with zero attached hydrogens (tertiary/aromatic N) is 1. The normalized spacial score (nSPS) is 33.7. The Balaban J connectivity index is 1.48. The Morgan fingerprint density at radius 1 is 1.05 bits per heavy atom. The molecule has 4 atom stereocenters. The predicted octanol–water partition coefficient (Wildman–Crippen LogP) is 2.23. The summed E-state index contributed by atoms with van der Waals surface area (Å²) in [7, 11) is 0. The van der Waals surface area contributed by atoms with Crippen LogP contribution in [0.15, 0.2) is 24.3 Å². The highest BCUT2D eigenvalue weighted by Crippen LogP contribution is 2.55. The van der Waals surface area contributed by atoms with Gasteiger partial charge in [-0.05, 0) is 55.4 Å². The first-order valence-corrected chi connectivity index (χ1v) is 7.50. The van der Waals surface area contributed by atoms with Crippen LogP contribution in [0.4, 0.5) is 10.1 Å². The van der Waals surface area contributed by atoms with Crippen molar-refractivity contribution in [3.05, 3.63) is 30.1 Å². The van der Waals surface area contributed by atoms with E-state index >= 15 is 0 Å². The Bertz CT molecular complexity index is 573. The zero-order valence-electron chi connectivity index (χ0n) is 11.6. The number of halogens is 1. The molecule has 1 N–H and O–H groups in total. The van der Waals surface area contributed by atoms with Gasteiger partial charge in [-0.15, -0.1) is 0 Å². The molecule has 2 saturated carbocycles. The molecule has 2 aliphatic carbocycles. The predicted molar refractivity (Wildman–Crippen MR) is 74.6 cm³/mol. The molecule has 0 unspecified atom stereocenters. The quantitative estimate of drug-likeness (QED) is 0.868. The number of hydrogen-bond donors (Lipinski definition) is 1. The molecule has 2 amide bonds. The Kier molecular flexibility index (Phi) is 2.77. The number of likely N-dealkylation sites (tertiary alicyclic amines) is 1. The number of rotatable bonds is 3. The fourth-order valence-corrected chi connectivity index (χ4v) is 4.36. The maximum atomic E-state index is 12.9. The first kappa shape index (κ1) is 12.8. The molecule has 1 aliphatic heterocycles. The van der Waals surface area contributed by atoms with E-state index in [0.717, 1.165) is 19.3 Å². The van der Waals surface area contributed by atoms with E-state index in [4.69, 9.17) is 0 Å². The Labute approximate surface area is 122 Å². The van der Waals surface area contributed by atoms with Gasteiger partial charge in [-0.2, -0.15) is 0 Å². The third-order valence-corrected chi connectivity index (χ3v) is 5.30. The summed E-state index contributed by atoms with van der Waals surface area (Å²) in [6.07, 6.45) is 3.22. The van der Waals surface area contributed by atoms with E-state index in [-0.39, 0.29) is 36.1 Å². The van der Waals surface area contributed by atoms with Gasteiger partial charge >= 0.3 is 0 Å². The zero-order chi connectivity index (χ0) is 14.6. The van der Waals surface area contributed by atoms with Crippen molar-refractivity contribution in [3.8, 4) is 0 Å². The highest BCUT2D eigenvalue weighted by Gasteiger charge is 2.60. The molecule has 0 aromatic heterocycles. The fourth-order valence-electron chi connectivity index (χ4n) is 4.36. The van der Waals surface area contributed by atoms with Crippen LogP contribution in [0.2, 0.25) is 0 Å². The van der Waals surface area contributed by atoms with Gasteiger partial charge in [0.25, 0.3) is 0 Å². The van der Waals surface area contributed by atoms with Crippen LogP contribution in [0.5, 0.6) is 0 Å². The van der Waals surface area contributed by atoms with Gasteiger partial charge in [0.2, 0.25) is 11.8 Å². The highest BCUT2D eigenvalue weighted by atomic mass is 19.1. The zero-order valence-corrected chi connectivity index (χ0v) is 11.6. The molecule has 5 heteroatoms. The summed E-state index contributed by atoms with van der Waals surface area (Å²) in [6, 6.07) is 5.91. The Morgan fingerprint density at radius 2 is 1.62 bits per heavy atom. The lowest BCUT2D eigenvalue weighted by Gasteiger charge is -2.19. The number of fused-ring (bicyclic) bond motifs is 5. The van der Waals surface area contributed by atoms with Gasteiger partial charge in [-0.3, -0.25) is 14.5 Å². The van der Waals surface area contributed by atoms with Crippen molar-refractivity contribution in [2.75, 3.05) is 12.0 Å². The molecule has 1 aromatic rings. The van der Waals surface area contributed by atoms with Crippen molar-refractivity contribution in [2.45, 2.75) is 19.3 Å². The molecule has 0 spiro atoms. The van der Waals surface area contributed by atoms with Crippen LogP contribution in [0.1, 0.15) is 19.3 Å². The first-order chi connectivity index (χ1) is 10.1. The minimum absolute atomic E-state index is 0.0215. The molecule has 4 nitrogen and oxygen atoms in total. The number of hydrogen-bond acceptors (Lipinski definition) is 3. The van der Waals surface area contributed by atoms with Crippen LogP contribution in [-0.2, 0) is 9.59 Å². The largest absolute Gasteiger partial charge is 0.367 e. The number of amides is 2. The van der Waals surface area contributed by atoms with E-state index in [1.165, 1.54) is 17.0 Å². The Hall–Kier alpha value is -1.91. The van der Waals surface area contributed by atoms with Crippen LogP contribution in [0.3, 0.4) is 0 Å². The molecule has 1 saturated heterocycles. The first-order valence-electron chi connectivity index (χ1n) is 7.50. The minimum Gasteiger partial charge on any atom is -0.367 e. The van der Waals surface area contributed by atoms with Gasteiger partial charge in [0.15, 0.2) is 0 Å². The van der Waals surface area contributed by atoms with Crippen molar-refractivity contribution < 1.29 is 14.0 Å². The lowest BCUT2D eigenvalue weighted by atomic mass is 9.81. The topological polar surface area (TPSA) is 49.4 Å². The molecule has 110 valence electrons. The molecule has 1 aromatic carbocycles. The summed E-state index contributed by atoms with van der Waals surface area (Å²) in [5, 5.41) is 3.03. The van der Waals surface area contributed by atoms with E-state index in [1.54, 1.807) is 12.1 Å². The van der Waals surface area contributed by atoms with Crippen LogP contribution in [-0.4, -0.2) is 23.4 Å². The van der Waals surface area contributed by atoms with Gasteiger partial charge in [0, 0.05) is 5.69 Å². The van der Waals surface area contributed by atoms with Crippen LogP contribution < -0.4 is 5.32 Å². The molecule has 21 heavy (non-hydrogen) atoms. The average molecular weight is 288 g/mol. The average Bonchev–Trinajstić information content (AvgIpc) is 3.14. The van der Waals surface area contributed by atoms with Crippen molar-refractivity contribution in [1.29, 1.82) is 0 Å². The number of benzene rings is 1. The molecule has 4 rings (SSSR count). The molecular formula is C16H17FN2O2. The molecular weight excluding hydrogens is 271 g/mol. The number of carbonyl (C=O) groups is 2. The van der Waals surface area contributed by atoms with Gasteiger partial charge < -0.3 is 5.32 Å². The maximum absolute atomic E-state index is 12.9. The summed E-state index contributed by atoms with van der Waals surface area (Å²) < 4.78 is 12.9. The molecule has 3 aliphatic rings. The number of anilines is 1. The molecule has 0 radical (unpaired) electrons. The monoisotopic (exact) mass is 288 g/mol. The van der Waals surface area contributed by atoms with Crippen molar-refractivity contribution >= 4 is 17.5 Å². The number of carbonyl (C=O) groups excluding carboxylic acids is 2. The van der Waals surface area contributed by atoms with E-state index in [2.05, 4.69) is 5.32 Å². The third-order valence-electron chi connectivity index (χ3n) is 5.30.